The van der Waals surface area contributed by atoms with Gasteiger partial charge in [-0.25, -0.2) is 4.98 Å². The number of carbonyl (C=O) groups is 2. The average molecular weight is 352 g/mol. The van der Waals surface area contributed by atoms with Gasteiger partial charge in [-0.3, -0.25) is 9.59 Å². The maximum absolute atomic E-state index is 12.0. The van der Waals surface area contributed by atoms with E-state index in [2.05, 4.69) is 16.4 Å². The second-order valence-electron chi connectivity index (χ2n) is 6.01. The molecule has 0 radical (unpaired) electrons. The van der Waals surface area contributed by atoms with Crippen LogP contribution < -0.4 is 5.32 Å². The molecule has 0 fully saturated rings. The molecule has 1 unspecified atom stereocenters. The molecule has 0 saturated carbocycles. The van der Waals surface area contributed by atoms with Crippen molar-refractivity contribution in [3.05, 3.63) is 65.2 Å². The molecule has 0 aliphatic heterocycles. The zero-order chi connectivity index (χ0) is 17.6. The Bertz CT molecular complexity index is 841. The van der Waals surface area contributed by atoms with Gasteiger partial charge >= 0.3 is 0 Å². The minimum atomic E-state index is -0.0998. The molecule has 1 amide bonds. The highest BCUT2D eigenvalue weighted by Gasteiger charge is 2.14. The summed E-state index contributed by atoms with van der Waals surface area (Å²) in [5, 5.41) is 3.92. The average Bonchev–Trinajstić information content (AvgIpc) is 3.09. The molecule has 0 spiro atoms. The number of fused-ring (bicyclic) bond motifs is 1. The largest absolute Gasteiger partial charge is 0.355 e. The van der Waals surface area contributed by atoms with Crippen LogP contribution in [-0.4, -0.2) is 23.2 Å². The van der Waals surface area contributed by atoms with E-state index in [9.17, 15) is 9.59 Å². The van der Waals surface area contributed by atoms with Gasteiger partial charge in [0, 0.05) is 30.9 Å². The first-order valence-corrected chi connectivity index (χ1v) is 9.15. The zero-order valence-corrected chi connectivity index (χ0v) is 14.9. The lowest BCUT2D eigenvalue weighted by Gasteiger charge is -2.10. The number of para-hydroxylation sites is 1. The molecule has 0 bridgehead atoms. The summed E-state index contributed by atoms with van der Waals surface area (Å²) in [6.45, 7) is 2.57. The first-order valence-electron chi connectivity index (χ1n) is 8.34. The summed E-state index contributed by atoms with van der Waals surface area (Å²) in [4.78, 5) is 28.6. The smallest absolute Gasteiger partial charge is 0.220 e. The Morgan fingerprint density at radius 3 is 2.52 bits per heavy atom. The third-order valence-corrected chi connectivity index (χ3v) is 5.28. The Kier molecular flexibility index (Phi) is 5.56. The number of carbonyl (C=O) groups excluding carboxylic acids is 2. The van der Waals surface area contributed by atoms with Crippen LogP contribution in [0.15, 0.2) is 54.6 Å². The SMILES string of the molecule is CC(CNC(=O)CCC(=O)c1ccccc1)c1nc2ccccc2s1. The quantitative estimate of drug-likeness (QED) is 0.649. The number of thiazole rings is 1. The third-order valence-electron chi connectivity index (χ3n) is 4.01. The van der Waals surface area contributed by atoms with Crippen molar-refractivity contribution in [3.63, 3.8) is 0 Å². The molecule has 0 aliphatic carbocycles. The zero-order valence-electron chi connectivity index (χ0n) is 14.1. The number of nitrogens with zero attached hydrogens (tertiary/aromatic N) is 1. The van der Waals surface area contributed by atoms with Crippen molar-refractivity contribution in [2.24, 2.45) is 0 Å². The minimum Gasteiger partial charge on any atom is -0.355 e. The van der Waals surface area contributed by atoms with E-state index in [-0.39, 0.29) is 30.4 Å². The lowest BCUT2D eigenvalue weighted by molar-refractivity contribution is -0.121. The summed E-state index contributed by atoms with van der Waals surface area (Å²) < 4.78 is 1.16. The summed E-state index contributed by atoms with van der Waals surface area (Å²) in [5.41, 5.74) is 1.65. The topological polar surface area (TPSA) is 59.1 Å². The van der Waals surface area contributed by atoms with Crippen LogP contribution in [-0.2, 0) is 4.79 Å². The maximum atomic E-state index is 12.0. The molecule has 25 heavy (non-hydrogen) atoms. The lowest BCUT2D eigenvalue weighted by atomic mass is 10.1. The summed E-state index contributed by atoms with van der Waals surface area (Å²) >= 11 is 1.66. The van der Waals surface area contributed by atoms with Gasteiger partial charge in [-0.1, -0.05) is 49.4 Å². The monoisotopic (exact) mass is 352 g/mol. The van der Waals surface area contributed by atoms with E-state index in [1.807, 2.05) is 43.3 Å². The predicted molar refractivity (Wildman–Crippen MR) is 101 cm³/mol. The van der Waals surface area contributed by atoms with Crippen LogP contribution in [0.2, 0.25) is 0 Å². The van der Waals surface area contributed by atoms with E-state index < -0.39 is 0 Å². The van der Waals surface area contributed by atoms with Crippen LogP contribution in [0, 0.1) is 0 Å². The molecule has 0 saturated heterocycles. The highest BCUT2D eigenvalue weighted by molar-refractivity contribution is 7.18. The molecular formula is C20H20N2O2S. The van der Waals surface area contributed by atoms with Crippen molar-refractivity contribution < 1.29 is 9.59 Å². The van der Waals surface area contributed by atoms with Crippen molar-refractivity contribution in [2.75, 3.05) is 6.54 Å². The second-order valence-corrected chi connectivity index (χ2v) is 7.08. The number of aromatic nitrogens is 1. The van der Waals surface area contributed by atoms with E-state index >= 15 is 0 Å². The molecule has 0 aliphatic rings. The van der Waals surface area contributed by atoms with Crippen molar-refractivity contribution in [1.29, 1.82) is 0 Å². The maximum Gasteiger partial charge on any atom is 0.220 e. The molecule has 3 aromatic rings. The molecule has 128 valence electrons. The Morgan fingerprint density at radius 1 is 1.04 bits per heavy atom. The third kappa shape index (κ3) is 4.51. The van der Waals surface area contributed by atoms with Gasteiger partial charge in [0.2, 0.25) is 5.91 Å². The Hall–Kier alpha value is -2.53. The van der Waals surface area contributed by atoms with E-state index in [4.69, 9.17) is 0 Å². The van der Waals surface area contributed by atoms with E-state index in [1.54, 1.807) is 23.5 Å². The molecule has 1 heterocycles. The van der Waals surface area contributed by atoms with Crippen LogP contribution in [0.25, 0.3) is 10.2 Å². The molecule has 1 N–H and O–H groups in total. The van der Waals surface area contributed by atoms with Crippen LogP contribution in [0.3, 0.4) is 0 Å². The van der Waals surface area contributed by atoms with Crippen molar-refractivity contribution in [1.82, 2.24) is 10.3 Å². The highest BCUT2D eigenvalue weighted by atomic mass is 32.1. The Labute approximate surface area is 150 Å². The standard InChI is InChI=1S/C20H20N2O2S/c1-14(20-22-16-9-5-6-10-18(16)25-20)13-21-19(24)12-11-17(23)15-7-3-2-4-8-15/h2-10,14H,11-13H2,1H3,(H,21,24). The van der Waals surface area contributed by atoms with Crippen LogP contribution in [0.4, 0.5) is 0 Å². The number of hydrogen-bond acceptors (Lipinski definition) is 4. The van der Waals surface area contributed by atoms with E-state index in [0.29, 0.717) is 12.1 Å². The van der Waals surface area contributed by atoms with Gasteiger partial charge in [-0.05, 0) is 12.1 Å². The first kappa shape index (κ1) is 17.3. The fourth-order valence-electron chi connectivity index (χ4n) is 2.54. The molecular weight excluding hydrogens is 332 g/mol. The Morgan fingerprint density at radius 2 is 1.76 bits per heavy atom. The molecule has 1 aromatic heterocycles. The number of hydrogen-bond donors (Lipinski definition) is 1. The van der Waals surface area contributed by atoms with Crippen LogP contribution in [0.5, 0.6) is 0 Å². The molecule has 2 aromatic carbocycles. The van der Waals surface area contributed by atoms with E-state index in [0.717, 1.165) is 15.2 Å². The van der Waals surface area contributed by atoms with Crippen molar-refractivity contribution in [3.8, 4) is 0 Å². The van der Waals surface area contributed by atoms with Crippen LogP contribution in [0.1, 0.15) is 41.0 Å². The number of nitrogens with one attached hydrogen (secondary N) is 1. The number of Topliss-reactive ketones (excluding diaryl/α,β-unsaturated/α-hetero) is 1. The highest BCUT2D eigenvalue weighted by Crippen LogP contribution is 2.26. The van der Waals surface area contributed by atoms with Gasteiger partial charge in [0.05, 0.1) is 15.2 Å². The molecule has 4 nitrogen and oxygen atoms in total. The summed E-state index contributed by atoms with van der Waals surface area (Å²) in [6.07, 6.45) is 0.436. The van der Waals surface area contributed by atoms with E-state index in [1.165, 1.54) is 0 Å². The first-order chi connectivity index (χ1) is 12.1. The van der Waals surface area contributed by atoms with Gasteiger partial charge in [-0.15, -0.1) is 11.3 Å². The Balaban J connectivity index is 1.47. The van der Waals surface area contributed by atoms with Gasteiger partial charge in [0.25, 0.3) is 0 Å². The molecule has 1 atom stereocenters. The van der Waals surface area contributed by atoms with Gasteiger partial charge in [0.1, 0.15) is 0 Å². The van der Waals surface area contributed by atoms with Crippen molar-refractivity contribution >= 4 is 33.2 Å². The fourth-order valence-corrected chi connectivity index (χ4v) is 3.56. The predicted octanol–water partition coefficient (Wildman–Crippen LogP) is 4.18. The lowest BCUT2D eigenvalue weighted by Crippen LogP contribution is -2.27. The van der Waals surface area contributed by atoms with Gasteiger partial charge < -0.3 is 5.32 Å². The fraction of sp³-hybridized carbons (Fsp3) is 0.250. The second kappa shape index (κ2) is 8.03. The summed E-state index contributed by atoms with van der Waals surface area (Å²) in [6, 6.07) is 17.1. The normalized spacial score (nSPS) is 12.0. The number of amides is 1. The summed E-state index contributed by atoms with van der Waals surface area (Å²) in [7, 11) is 0. The summed E-state index contributed by atoms with van der Waals surface area (Å²) in [5.74, 6) is 0.0402. The van der Waals surface area contributed by atoms with Crippen LogP contribution >= 0.6 is 11.3 Å². The number of ketones is 1. The minimum absolute atomic E-state index is 0.00466. The molecule has 3 rings (SSSR count). The van der Waals surface area contributed by atoms with Gasteiger partial charge in [-0.2, -0.15) is 0 Å². The molecule has 5 heteroatoms. The number of rotatable bonds is 7. The number of benzene rings is 2. The van der Waals surface area contributed by atoms with Gasteiger partial charge in [0.15, 0.2) is 5.78 Å². The van der Waals surface area contributed by atoms with Crippen molar-refractivity contribution in [2.45, 2.75) is 25.7 Å².